The molecule has 23 heavy (non-hydrogen) atoms. The number of rotatable bonds is 4. The molecule has 1 aliphatic rings. The first kappa shape index (κ1) is 19.0. The first-order valence-electron chi connectivity index (χ1n) is 7.06. The molecule has 1 amide bonds. The zero-order chi connectivity index (χ0) is 17.8. The van der Waals surface area contributed by atoms with E-state index in [1.807, 2.05) is 0 Å². The molecule has 1 saturated heterocycles. The minimum atomic E-state index is -4.66. The highest BCUT2D eigenvalue weighted by atomic mass is 19.4. The third-order valence-electron chi connectivity index (χ3n) is 3.77. The largest absolute Gasteiger partial charge is 0.449 e. The lowest BCUT2D eigenvalue weighted by atomic mass is 10.0. The van der Waals surface area contributed by atoms with E-state index in [9.17, 15) is 18.0 Å². The highest BCUT2D eigenvalue weighted by molar-refractivity contribution is 5.89. The van der Waals surface area contributed by atoms with Gasteiger partial charge in [0.05, 0.1) is 24.2 Å². The van der Waals surface area contributed by atoms with E-state index in [0.29, 0.717) is 6.42 Å². The molecule has 1 rings (SSSR count). The summed E-state index contributed by atoms with van der Waals surface area (Å²) in [6.07, 6.45) is -4.46. The van der Waals surface area contributed by atoms with E-state index in [1.54, 1.807) is 6.92 Å². The van der Waals surface area contributed by atoms with Crippen LogP contribution in [0.25, 0.3) is 0 Å². The van der Waals surface area contributed by atoms with E-state index in [0.717, 1.165) is 11.1 Å². The van der Waals surface area contributed by atoms with Crippen LogP contribution in [0.5, 0.6) is 0 Å². The van der Waals surface area contributed by atoms with Crippen LogP contribution >= 0.6 is 0 Å². The summed E-state index contributed by atoms with van der Waals surface area (Å²) in [4.78, 5) is 16.2. The molecule has 0 aromatic heterocycles. The van der Waals surface area contributed by atoms with Crippen LogP contribution < -0.4 is 10.6 Å². The van der Waals surface area contributed by atoms with Crippen molar-refractivity contribution in [3.8, 4) is 6.07 Å². The lowest BCUT2D eigenvalue weighted by Crippen LogP contribution is -2.54. The predicted octanol–water partition coefficient (Wildman–Crippen LogP) is 1.37. The Balaban J connectivity index is 2.73. The smallest absolute Gasteiger partial charge is 0.336 e. The number of carbonyl (C=O) groups excluding carboxylic acids is 1. The van der Waals surface area contributed by atoms with Crippen molar-refractivity contribution in [1.29, 1.82) is 5.26 Å². The number of hydrogen-bond donors (Lipinski definition) is 2. The zero-order valence-electron chi connectivity index (χ0n) is 13.2. The highest BCUT2D eigenvalue weighted by Crippen LogP contribution is 2.22. The summed E-state index contributed by atoms with van der Waals surface area (Å²) in [5, 5.41) is 14.4. The number of aliphatic imine (C=N–C) groups is 1. The van der Waals surface area contributed by atoms with Crippen molar-refractivity contribution in [2.75, 3.05) is 7.05 Å². The molecule has 128 valence electrons. The fourth-order valence-electron chi connectivity index (χ4n) is 2.34. The van der Waals surface area contributed by atoms with Gasteiger partial charge in [-0.2, -0.15) is 18.4 Å². The SMILES string of the molecule is C=CN=C(N(C)C(C)NC(=O)[C@@H]1C[C@@H](C#N)[C@H](C)N1)C(F)(F)F. The summed E-state index contributed by atoms with van der Waals surface area (Å²) in [5.74, 6) is -1.90. The second-order valence-electron chi connectivity index (χ2n) is 5.41. The minimum absolute atomic E-state index is 0.142. The van der Waals surface area contributed by atoms with Gasteiger partial charge >= 0.3 is 6.18 Å². The number of nitriles is 1. The summed E-state index contributed by atoms with van der Waals surface area (Å²) in [5.41, 5.74) is 0. The van der Waals surface area contributed by atoms with Gasteiger partial charge in [-0.25, -0.2) is 4.99 Å². The Kier molecular flexibility index (Phi) is 6.15. The third-order valence-corrected chi connectivity index (χ3v) is 3.77. The van der Waals surface area contributed by atoms with Crippen molar-refractivity contribution in [3.05, 3.63) is 12.8 Å². The molecule has 0 spiro atoms. The average Bonchev–Trinajstić information content (AvgIpc) is 2.84. The number of amides is 1. The van der Waals surface area contributed by atoms with Crippen molar-refractivity contribution in [3.63, 3.8) is 0 Å². The summed E-state index contributed by atoms with van der Waals surface area (Å²) in [6, 6.07) is 1.36. The van der Waals surface area contributed by atoms with Gasteiger partial charge in [-0.15, -0.1) is 0 Å². The van der Waals surface area contributed by atoms with Gasteiger partial charge in [0.25, 0.3) is 0 Å². The maximum atomic E-state index is 12.9. The van der Waals surface area contributed by atoms with E-state index in [-0.39, 0.29) is 12.0 Å². The Hall–Kier alpha value is -2.08. The second-order valence-corrected chi connectivity index (χ2v) is 5.41. The van der Waals surface area contributed by atoms with Crippen molar-refractivity contribution >= 4 is 11.7 Å². The molecule has 1 fully saturated rings. The highest BCUT2D eigenvalue weighted by Gasteiger charge is 2.41. The monoisotopic (exact) mass is 331 g/mol. The number of carbonyl (C=O) groups is 1. The molecule has 0 aliphatic carbocycles. The molecule has 0 aromatic rings. The minimum Gasteiger partial charge on any atom is -0.336 e. The van der Waals surface area contributed by atoms with Gasteiger partial charge in [0, 0.05) is 19.3 Å². The fraction of sp³-hybridized carbons (Fsp3) is 0.643. The van der Waals surface area contributed by atoms with Crippen LogP contribution in [-0.2, 0) is 4.79 Å². The molecule has 9 heteroatoms. The fourth-order valence-corrected chi connectivity index (χ4v) is 2.34. The molecule has 1 unspecified atom stereocenters. The molecule has 0 radical (unpaired) electrons. The van der Waals surface area contributed by atoms with Crippen LogP contribution in [0.3, 0.4) is 0 Å². The van der Waals surface area contributed by atoms with Crippen molar-refractivity contribution in [1.82, 2.24) is 15.5 Å². The number of alkyl halides is 3. The zero-order valence-corrected chi connectivity index (χ0v) is 13.2. The van der Waals surface area contributed by atoms with Crippen LogP contribution in [0.15, 0.2) is 17.8 Å². The van der Waals surface area contributed by atoms with Crippen molar-refractivity contribution < 1.29 is 18.0 Å². The molecule has 2 N–H and O–H groups in total. The maximum Gasteiger partial charge on any atom is 0.449 e. The molecule has 0 saturated carbocycles. The van der Waals surface area contributed by atoms with E-state index in [4.69, 9.17) is 5.26 Å². The van der Waals surface area contributed by atoms with Crippen LogP contribution in [0.4, 0.5) is 13.2 Å². The van der Waals surface area contributed by atoms with E-state index >= 15 is 0 Å². The second kappa shape index (κ2) is 7.46. The number of hydrogen-bond acceptors (Lipinski definition) is 4. The molecule has 6 nitrogen and oxygen atoms in total. The Morgan fingerprint density at radius 2 is 2.22 bits per heavy atom. The Morgan fingerprint density at radius 1 is 1.61 bits per heavy atom. The van der Waals surface area contributed by atoms with Gasteiger partial charge in [0.1, 0.15) is 0 Å². The van der Waals surface area contributed by atoms with Gasteiger partial charge in [-0.05, 0) is 20.3 Å². The Bertz CT molecular complexity index is 525. The van der Waals surface area contributed by atoms with Crippen LogP contribution in [-0.4, -0.2) is 48.1 Å². The number of amidine groups is 1. The molecule has 0 bridgehead atoms. The number of nitrogens with one attached hydrogen (secondary N) is 2. The van der Waals surface area contributed by atoms with Crippen molar-refractivity contribution in [2.24, 2.45) is 10.9 Å². The van der Waals surface area contributed by atoms with E-state index < -0.39 is 30.1 Å². The topological polar surface area (TPSA) is 80.5 Å². The molecule has 0 aromatic carbocycles. The summed E-state index contributed by atoms with van der Waals surface area (Å²) < 4.78 is 38.8. The normalized spacial score (nSPS) is 26.3. The standard InChI is InChI=1S/C14H20F3N5O/c1-5-19-13(14(15,16)17)22(4)9(3)21-12(23)11-6-10(7-18)8(2)20-11/h5,8-11,20H,1,6H2,2-4H3,(H,21,23)/t8-,9?,10-,11-/m0/s1. The molecular formula is C14H20F3N5O. The average molecular weight is 331 g/mol. The Morgan fingerprint density at radius 3 is 2.65 bits per heavy atom. The lowest BCUT2D eigenvalue weighted by molar-refractivity contribution is -0.124. The Labute approximate surface area is 133 Å². The number of nitrogens with zero attached hydrogens (tertiary/aromatic N) is 3. The maximum absolute atomic E-state index is 12.9. The van der Waals surface area contributed by atoms with Gasteiger partial charge in [0.2, 0.25) is 11.7 Å². The van der Waals surface area contributed by atoms with Crippen LogP contribution in [0, 0.1) is 17.2 Å². The predicted molar refractivity (Wildman–Crippen MR) is 79.2 cm³/mol. The lowest BCUT2D eigenvalue weighted by Gasteiger charge is -2.30. The van der Waals surface area contributed by atoms with E-state index in [2.05, 4.69) is 28.3 Å². The van der Waals surface area contributed by atoms with Gasteiger partial charge in [-0.1, -0.05) is 6.58 Å². The first-order valence-corrected chi connectivity index (χ1v) is 7.06. The van der Waals surface area contributed by atoms with Crippen molar-refractivity contribution in [2.45, 2.75) is 44.7 Å². The first-order chi connectivity index (χ1) is 10.6. The third kappa shape index (κ3) is 4.69. The molecule has 1 aliphatic heterocycles. The van der Waals surface area contributed by atoms with Gasteiger partial charge < -0.3 is 15.5 Å². The van der Waals surface area contributed by atoms with Gasteiger partial charge in [0.15, 0.2) is 0 Å². The summed E-state index contributed by atoms with van der Waals surface area (Å²) in [6.45, 7) is 6.37. The quantitative estimate of drug-likeness (QED) is 0.463. The molecule has 4 atom stereocenters. The van der Waals surface area contributed by atoms with E-state index in [1.165, 1.54) is 14.0 Å². The number of halogens is 3. The molecule has 1 heterocycles. The van der Waals surface area contributed by atoms with Crippen LogP contribution in [0.1, 0.15) is 20.3 Å². The van der Waals surface area contributed by atoms with Crippen LogP contribution in [0.2, 0.25) is 0 Å². The van der Waals surface area contributed by atoms with Gasteiger partial charge in [-0.3, -0.25) is 4.79 Å². The summed E-state index contributed by atoms with van der Waals surface area (Å²) in [7, 11) is 1.18. The molecular weight excluding hydrogens is 311 g/mol. The summed E-state index contributed by atoms with van der Waals surface area (Å²) >= 11 is 0.